The SMILES string of the molecule is Cc1nc2ncc(CC(N)C(=O)O)cc2[nH]1. The van der Waals surface area contributed by atoms with Crippen LogP contribution in [0.5, 0.6) is 0 Å². The summed E-state index contributed by atoms with van der Waals surface area (Å²) in [7, 11) is 0. The molecular formula is C10H12N4O2. The highest BCUT2D eigenvalue weighted by Crippen LogP contribution is 2.11. The number of aliphatic carboxylic acids is 1. The molecule has 0 aliphatic carbocycles. The number of carboxylic acid groups (broad SMARTS) is 1. The number of pyridine rings is 1. The number of aromatic nitrogens is 3. The maximum Gasteiger partial charge on any atom is 0.320 e. The van der Waals surface area contributed by atoms with Crippen LogP contribution < -0.4 is 5.73 Å². The third kappa shape index (κ3) is 2.01. The molecule has 2 aromatic heterocycles. The average Bonchev–Trinajstić information content (AvgIpc) is 2.57. The van der Waals surface area contributed by atoms with E-state index in [0.29, 0.717) is 5.65 Å². The first-order chi connectivity index (χ1) is 7.56. The number of hydrogen-bond acceptors (Lipinski definition) is 4. The van der Waals surface area contributed by atoms with E-state index in [2.05, 4.69) is 15.0 Å². The van der Waals surface area contributed by atoms with Gasteiger partial charge in [0, 0.05) is 6.20 Å². The van der Waals surface area contributed by atoms with E-state index in [9.17, 15) is 4.79 Å². The number of carboxylic acids is 1. The van der Waals surface area contributed by atoms with Crippen LogP contribution in [-0.2, 0) is 11.2 Å². The Kier molecular flexibility index (Phi) is 2.57. The number of rotatable bonds is 3. The predicted octanol–water partition coefficient (Wildman–Crippen LogP) is 0.221. The minimum absolute atomic E-state index is 0.260. The number of nitrogens with one attached hydrogen (secondary N) is 1. The minimum atomic E-state index is -1.01. The molecule has 2 rings (SSSR count). The molecule has 0 aliphatic rings. The predicted molar refractivity (Wildman–Crippen MR) is 57.9 cm³/mol. The zero-order valence-electron chi connectivity index (χ0n) is 8.77. The molecule has 0 saturated heterocycles. The van der Waals surface area contributed by atoms with E-state index < -0.39 is 12.0 Å². The molecule has 84 valence electrons. The van der Waals surface area contributed by atoms with Gasteiger partial charge in [0.2, 0.25) is 0 Å². The largest absolute Gasteiger partial charge is 0.480 e. The molecule has 0 spiro atoms. The summed E-state index contributed by atoms with van der Waals surface area (Å²) in [6.07, 6.45) is 1.86. The van der Waals surface area contributed by atoms with E-state index in [1.807, 2.05) is 13.0 Å². The van der Waals surface area contributed by atoms with Gasteiger partial charge in [0.25, 0.3) is 0 Å². The van der Waals surface area contributed by atoms with Crippen molar-refractivity contribution < 1.29 is 9.90 Å². The Hall–Kier alpha value is -1.95. The van der Waals surface area contributed by atoms with Gasteiger partial charge < -0.3 is 15.8 Å². The van der Waals surface area contributed by atoms with Gasteiger partial charge in [-0.15, -0.1) is 0 Å². The number of aromatic amines is 1. The first-order valence-electron chi connectivity index (χ1n) is 4.86. The molecule has 0 fully saturated rings. The molecule has 16 heavy (non-hydrogen) atoms. The summed E-state index contributed by atoms with van der Waals surface area (Å²) in [5, 5.41) is 8.70. The third-order valence-electron chi connectivity index (χ3n) is 2.29. The van der Waals surface area contributed by atoms with Gasteiger partial charge in [0.1, 0.15) is 11.9 Å². The Morgan fingerprint density at radius 3 is 3.12 bits per heavy atom. The lowest BCUT2D eigenvalue weighted by Gasteiger charge is -2.05. The van der Waals surface area contributed by atoms with E-state index in [4.69, 9.17) is 10.8 Å². The van der Waals surface area contributed by atoms with Gasteiger partial charge in [-0.05, 0) is 25.0 Å². The van der Waals surface area contributed by atoms with Gasteiger partial charge in [0.15, 0.2) is 5.65 Å². The summed E-state index contributed by atoms with van der Waals surface area (Å²) in [5.74, 6) is -0.233. The average molecular weight is 220 g/mol. The van der Waals surface area contributed by atoms with E-state index >= 15 is 0 Å². The Labute approximate surface area is 91.5 Å². The van der Waals surface area contributed by atoms with Crippen LogP contribution in [0.4, 0.5) is 0 Å². The maximum absolute atomic E-state index is 10.6. The van der Waals surface area contributed by atoms with Crippen molar-refractivity contribution in [3.8, 4) is 0 Å². The molecule has 6 nitrogen and oxygen atoms in total. The van der Waals surface area contributed by atoms with Crippen molar-refractivity contribution in [2.45, 2.75) is 19.4 Å². The molecule has 2 heterocycles. The second-order valence-electron chi connectivity index (χ2n) is 3.69. The smallest absolute Gasteiger partial charge is 0.320 e. The Balaban J connectivity index is 2.28. The molecule has 0 bridgehead atoms. The lowest BCUT2D eigenvalue weighted by molar-refractivity contribution is -0.138. The van der Waals surface area contributed by atoms with Crippen molar-refractivity contribution in [3.05, 3.63) is 23.7 Å². The number of fused-ring (bicyclic) bond motifs is 1. The third-order valence-corrected chi connectivity index (χ3v) is 2.29. The van der Waals surface area contributed by atoms with Gasteiger partial charge in [-0.25, -0.2) is 9.97 Å². The van der Waals surface area contributed by atoms with Gasteiger partial charge in [-0.2, -0.15) is 0 Å². The molecular weight excluding hydrogens is 208 g/mol. The Morgan fingerprint density at radius 1 is 1.69 bits per heavy atom. The number of carbonyl (C=O) groups is 1. The molecule has 4 N–H and O–H groups in total. The normalized spacial score (nSPS) is 12.9. The highest BCUT2D eigenvalue weighted by Gasteiger charge is 2.13. The summed E-state index contributed by atoms with van der Waals surface area (Å²) in [6, 6.07) is 0.925. The van der Waals surface area contributed by atoms with Crippen LogP contribution in [0.2, 0.25) is 0 Å². The monoisotopic (exact) mass is 220 g/mol. The van der Waals surface area contributed by atoms with Crippen LogP contribution in [-0.4, -0.2) is 32.1 Å². The number of imidazole rings is 1. The summed E-state index contributed by atoms with van der Waals surface area (Å²) in [5.41, 5.74) is 7.66. The zero-order chi connectivity index (χ0) is 11.7. The highest BCUT2D eigenvalue weighted by atomic mass is 16.4. The lowest BCUT2D eigenvalue weighted by Crippen LogP contribution is -2.32. The molecule has 1 atom stereocenters. The Bertz CT molecular complexity index is 535. The summed E-state index contributed by atoms with van der Waals surface area (Å²) in [6.45, 7) is 1.84. The zero-order valence-corrected chi connectivity index (χ0v) is 8.77. The van der Waals surface area contributed by atoms with Gasteiger partial charge in [-0.1, -0.05) is 0 Å². The molecule has 0 aromatic carbocycles. The van der Waals surface area contributed by atoms with Gasteiger partial charge in [0.05, 0.1) is 5.52 Å². The topological polar surface area (TPSA) is 105 Å². The van der Waals surface area contributed by atoms with Crippen LogP contribution in [0.25, 0.3) is 11.2 Å². The second-order valence-corrected chi connectivity index (χ2v) is 3.69. The summed E-state index contributed by atoms with van der Waals surface area (Å²) >= 11 is 0. The fraction of sp³-hybridized carbons (Fsp3) is 0.300. The van der Waals surface area contributed by atoms with Crippen LogP contribution in [0.3, 0.4) is 0 Å². The first-order valence-corrected chi connectivity index (χ1v) is 4.86. The molecule has 0 radical (unpaired) electrons. The standard InChI is InChI=1S/C10H12N4O2/c1-5-13-8-3-6(2-7(11)10(15)16)4-12-9(8)14-5/h3-4,7H,2,11H2,1H3,(H,15,16)(H,12,13,14). The van der Waals surface area contributed by atoms with Crippen molar-refractivity contribution in [2.75, 3.05) is 0 Å². The highest BCUT2D eigenvalue weighted by molar-refractivity contribution is 5.74. The molecule has 1 unspecified atom stereocenters. The minimum Gasteiger partial charge on any atom is -0.480 e. The van der Waals surface area contributed by atoms with Crippen LogP contribution in [0.15, 0.2) is 12.3 Å². The quantitative estimate of drug-likeness (QED) is 0.686. The van der Waals surface area contributed by atoms with Crippen molar-refractivity contribution in [3.63, 3.8) is 0 Å². The Morgan fingerprint density at radius 2 is 2.44 bits per heavy atom. The van der Waals surface area contributed by atoms with Crippen LogP contribution >= 0.6 is 0 Å². The molecule has 0 aliphatic heterocycles. The van der Waals surface area contributed by atoms with Crippen molar-refractivity contribution in [1.29, 1.82) is 0 Å². The van der Waals surface area contributed by atoms with E-state index in [-0.39, 0.29) is 6.42 Å². The summed E-state index contributed by atoms with van der Waals surface area (Å²) in [4.78, 5) is 21.9. The number of H-pyrrole nitrogens is 1. The van der Waals surface area contributed by atoms with E-state index in [1.165, 1.54) is 0 Å². The van der Waals surface area contributed by atoms with Crippen LogP contribution in [0.1, 0.15) is 11.4 Å². The van der Waals surface area contributed by atoms with Crippen molar-refractivity contribution >= 4 is 17.1 Å². The van der Waals surface area contributed by atoms with Gasteiger partial charge in [-0.3, -0.25) is 4.79 Å². The molecule has 2 aromatic rings. The van der Waals surface area contributed by atoms with E-state index in [1.54, 1.807) is 6.20 Å². The van der Waals surface area contributed by atoms with Gasteiger partial charge >= 0.3 is 5.97 Å². The number of nitrogens with two attached hydrogens (primary N) is 1. The number of nitrogens with zero attached hydrogens (tertiary/aromatic N) is 2. The number of aryl methyl sites for hydroxylation is 1. The lowest BCUT2D eigenvalue weighted by atomic mass is 10.1. The van der Waals surface area contributed by atoms with Crippen molar-refractivity contribution in [2.24, 2.45) is 5.73 Å². The van der Waals surface area contributed by atoms with E-state index in [0.717, 1.165) is 16.9 Å². The van der Waals surface area contributed by atoms with Crippen molar-refractivity contribution in [1.82, 2.24) is 15.0 Å². The first kappa shape index (κ1) is 10.6. The molecule has 0 amide bonds. The van der Waals surface area contributed by atoms with Crippen LogP contribution in [0, 0.1) is 6.92 Å². The molecule has 0 saturated carbocycles. The number of hydrogen-bond donors (Lipinski definition) is 3. The fourth-order valence-corrected chi connectivity index (χ4v) is 1.52. The molecule has 6 heteroatoms. The summed E-state index contributed by atoms with van der Waals surface area (Å²) < 4.78 is 0. The fourth-order valence-electron chi connectivity index (χ4n) is 1.52. The second kappa shape index (κ2) is 3.90. The maximum atomic E-state index is 10.6.